The number of halogens is 1. The number of carbonyl (C=O) groups excluding carboxylic acids is 1. The van der Waals surface area contributed by atoms with Crippen molar-refractivity contribution in [2.45, 2.75) is 59.0 Å². The molecule has 0 bridgehead atoms. The summed E-state index contributed by atoms with van der Waals surface area (Å²) in [7, 11) is 0. The van der Waals surface area contributed by atoms with Crippen LogP contribution in [0.25, 0.3) is 0 Å². The zero-order valence-electron chi connectivity index (χ0n) is 25.8. The van der Waals surface area contributed by atoms with Gasteiger partial charge in [0.1, 0.15) is 23.7 Å². The van der Waals surface area contributed by atoms with E-state index in [2.05, 4.69) is 33.4 Å². The molecule has 1 amide bonds. The average Bonchev–Trinajstić information content (AvgIpc) is 2.99. The van der Waals surface area contributed by atoms with Gasteiger partial charge < -0.3 is 29.5 Å². The number of anilines is 1. The van der Waals surface area contributed by atoms with E-state index in [-0.39, 0.29) is 6.54 Å². The van der Waals surface area contributed by atoms with Gasteiger partial charge in [-0.3, -0.25) is 0 Å². The van der Waals surface area contributed by atoms with E-state index in [4.69, 9.17) is 14.2 Å². The van der Waals surface area contributed by atoms with Crippen LogP contribution in [0.4, 0.5) is 10.5 Å². The second kappa shape index (κ2) is 15.6. The number of aliphatic hydroxyl groups excluding tert-OH is 1. The summed E-state index contributed by atoms with van der Waals surface area (Å²) in [6.07, 6.45) is -0.565. The van der Waals surface area contributed by atoms with Crippen LogP contribution in [0.1, 0.15) is 44.4 Å². The van der Waals surface area contributed by atoms with Gasteiger partial charge in [0.05, 0.1) is 11.8 Å². The Labute approximate surface area is 268 Å². The van der Waals surface area contributed by atoms with Crippen LogP contribution < -0.4 is 14.8 Å². The summed E-state index contributed by atoms with van der Waals surface area (Å²) in [4.78, 5) is 14.4. The Morgan fingerprint density at radius 1 is 0.886 bits per heavy atom. The third kappa shape index (κ3) is 10.9. The fourth-order valence-electron chi connectivity index (χ4n) is 4.39. The molecule has 0 fully saturated rings. The molecule has 0 unspecified atom stereocenters. The van der Waals surface area contributed by atoms with Gasteiger partial charge in [0, 0.05) is 24.1 Å². The van der Waals surface area contributed by atoms with Gasteiger partial charge in [-0.1, -0.05) is 64.5 Å². The van der Waals surface area contributed by atoms with E-state index < -0.39 is 17.8 Å². The third-order valence-electron chi connectivity index (χ3n) is 6.55. The van der Waals surface area contributed by atoms with E-state index in [1.54, 1.807) is 11.8 Å². The summed E-state index contributed by atoms with van der Waals surface area (Å²) in [6.45, 7) is 8.83. The van der Waals surface area contributed by atoms with Crippen molar-refractivity contribution in [3.63, 3.8) is 0 Å². The van der Waals surface area contributed by atoms with Gasteiger partial charge in [-0.15, -0.1) is 0 Å². The Balaban J connectivity index is 1.49. The molecule has 0 spiro atoms. The smallest absolute Gasteiger partial charge is 0.410 e. The minimum Gasteiger partial charge on any atom is -0.489 e. The molecule has 1 atom stereocenters. The van der Waals surface area contributed by atoms with Gasteiger partial charge in [0.2, 0.25) is 0 Å². The lowest BCUT2D eigenvalue weighted by Crippen LogP contribution is -2.41. The highest BCUT2D eigenvalue weighted by Gasteiger charge is 2.23. The predicted octanol–water partition coefficient (Wildman–Crippen LogP) is 8.59. The predicted molar refractivity (Wildman–Crippen MR) is 178 cm³/mol. The van der Waals surface area contributed by atoms with E-state index >= 15 is 0 Å². The molecule has 0 heterocycles. The van der Waals surface area contributed by atoms with Crippen LogP contribution in [0, 0.1) is 0 Å². The van der Waals surface area contributed by atoms with Gasteiger partial charge in [-0.05, 0) is 99.3 Å². The van der Waals surface area contributed by atoms with E-state index in [9.17, 15) is 9.90 Å². The second-order valence-corrected chi connectivity index (χ2v) is 12.6. The fourth-order valence-corrected chi connectivity index (χ4v) is 4.65. The van der Waals surface area contributed by atoms with Crippen molar-refractivity contribution in [2.24, 2.45) is 0 Å². The molecule has 0 radical (unpaired) electrons. The maximum atomic E-state index is 12.8. The van der Waals surface area contributed by atoms with Crippen molar-refractivity contribution in [1.82, 2.24) is 4.90 Å². The summed E-state index contributed by atoms with van der Waals surface area (Å²) in [6, 6.07) is 31.8. The zero-order valence-corrected chi connectivity index (χ0v) is 27.3. The number of hydrogen-bond donors (Lipinski definition) is 2. The number of nitrogens with one attached hydrogen (secondary N) is 1. The standard InChI is InChI=1S/C36H41BrN2O5/c1-26(40)24-39(35(41)44-36(2,3)4)21-20-27-12-19-33(38-23-28-10-13-30(37)14-11-28)34(22-27)43-32-17-15-31(16-18-32)42-25-29-8-6-5-7-9-29/h5-19,22,26,38,40H,20-21,23-25H2,1-4H3/t26-/m0/s1. The van der Waals surface area contributed by atoms with Crippen molar-refractivity contribution in [3.05, 3.63) is 118 Å². The third-order valence-corrected chi connectivity index (χ3v) is 7.08. The highest BCUT2D eigenvalue weighted by Crippen LogP contribution is 2.32. The Morgan fingerprint density at radius 2 is 1.55 bits per heavy atom. The largest absolute Gasteiger partial charge is 0.489 e. The zero-order chi connectivity index (χ0) is 31.5. The summed E-state index contributed by atoms with van der Waals surface area (Å²) in [5.41, 5.74) is 3.43. The first-order chi connectivity index (χ1) is 21.0. The van der Waals surface area contributed by atoms with Crippen LogP contribution in [0.3, 0.4) is 0 Å². The molecule has 8 heteroatoms. The number of benzene rings is 4. The van der Waals surface area contributed by atoms with Crippen molar-refractivity contribution in [3.8, 4) is 17.2 Å². The van der Waals surface area contributed by atoms with Gasteiger partial charge in [0.25, 0.3) is 0 Å². The molecular weight excluding hydrogens is 620 g/mol. The van der Waals surface area contributed by atoms with E-state index in [1.807, 2.05) is 106 Å². The van der Waals surface area contributed by atoms with Gasteiger partial charge in [-0.25, -0.2) is 4.79 Å². The Kier molecular flexibility index (Phi) is 11.7. The molecule has 0 aliphatic carbocycles. The molecular formula is C36H41BrN2O5. The summed E-state index contributed by atoms with van der Waals surface area (Å²) in [5, 5.41) is 13.5. The minimum atomic E-state index is -0.675. The number of carbonyl (C=O) groups is 1. The van der Waals surface area contributed by atoms with Crippen LogP contribution in [0.15, 0.2) is 102 Å². The van der Waals surface area contributed by atoms with Crippen molar-refractivity contribution in [2.75, 3.05) is 18.4 Å². The van der Waals surface area contributed by atoms with E-state index in [0.717, 1.165) is 32.6 Å². The van der Waals surface area contributed by atoms with E-state index in [0.29, 0.717) is 37.6 Å². The number of aliphatic hydroxyl groups is 1. The molecule has 0 saturated heterocycles. The molecule has 4 rings (SSSR count). The van der Waals surface area contributed by atoms with Crippen molar-refractivity contribution in [1.29, 1.82) is 0 Å². The lowest BCUT2D eigenvalue weighted by Gasteiger charge is -2.28. The molecule has 0 aliphatic heterocycles. The molecule has 0 aliphatic rings. The van der Waals surface area contributed by atoms with Crippen LogP contribution in [-0.4, -0.2) is 40.9 Å². The van der Waals surface area contributed by atoms with Gasteiger partial charge in [-0.2, -0.15) is 0 Å². The summed E-state index contributed by atoms with van der Waals surface area (Å²) >= 11 is 3.49. The molecule has 2 N–H and O–H groups in total. The molecule has 232 valence electrons. The van der Waals surface area contributed by atoms with E-state index in [1.165, 1.54) is 0 Å². The number of nitrogens with zero attached hydrogens (tertiary/aromatic N) is 1. The molecule has 44 heavy (non-hydrogen) atoms. The highest BCUT2D eigenvalue weighted by atomic mass is 79.9. The number of ether oxygens (including phenoxy) is 3. The first-order valence-electron chi connectivity index (χ1n) is 14.8. The normalized spacial score (nSPS) is 11.9. The van der Waals surface area contributed by atoms with Crippen LogP contribution in [0.2, 0.25) is 0 Å². The maximum absolute atomic E-state index is 12.8. The first kappa shape index (κ1) is 32.9. The molecule has 4 aromatic carbocycles. The van der Waals surface area contributed by atoms with Crippen molar-refractivity contribution < 1.29 is 24.1 Å². The summed E-state index contributed by atoms with van der Waals surface area (Å²) < 4.78 is 18.9. The number of hydrogen-bond acceptors (Lipinski definition) is 6. The maximum Gasteiger partial charge on any atom is 0.410 e. The van der Waals surface area contributed by atoms with Crippen LogP contribution in [-0.2, 0) is 24.3 Å². The lowest BCUT2D eigenvalue weighted by atomic mass is 10.1. The average molecular weight is 662 g/mol. The molecule has 0 saturated carbocycles. The first-order valence-corrected chi connectivity index (χ1v) is 15.6. The topological polar surface area (TPSA) is 80.3 Å². The Hall–Kier alpha value is -4.01. The molecule has 7 nitrogen and oxygen atoms in total. The second-order valence-electron chi connectivity index (χ2n) is 11.7. The molecule has 0 aromatic heterocycles. The number of amides is 1. The summed E-state index contributed by atoms with van der Waals surface area (Å²) in [5.74, 6) is 2.09. The Morgan fingerprint density at radius 3 is 2.20 bits per heavy atom. The van der Waals surface area contributed by atoms with Gasteiger partial charge >= 0.3 is 6.09 Å². The van der Waals surface area contributed by atoms with Crippen molar-refractivity contribution >= 4 is 27.7 Å². The van der Waals surface area contributed by atoms with Crippen LogP contribution >= 0.6 is 15.9 Å². The number of rotatable bonds is 13. The molecule has 4 aromatic rings. The minimum absolute atomic E-state index is 0.184. The quantitative estimate of drug-likeness (QED) is 0.149. The lowest BCUT2D eigenvalue weighted by molar-refractivity contribution is 0.0164. The Bertz CT molecular complexity index is 1470. The SMILES string of the molecule is C[C@H](O)CN(CCc1ccc(NCc2ccc(Br)cc2)c(Oc2ccc(OCc3ccccc3)cc2)c1)C(=O)OC(C)(C)C. The van der Waals surface area contributed by atoms with Gasteiger partial charge in [0.15, 0.2) is 5.75 Å². The monoisotopic (exact) mass is 660 g/mol. The highest BCUT2D eigenvalue weighted by molar-refractivity contribution is 9.10. The fraction of sp³-hybridized carbons (Fsp3) is 0.306. The van der Waals surface area contributed by atoms with Crippen LogP contribution in [0.5, 0.6) is 17.2 Å².